The summed E-state index contributed by atoms with van der Waals surface area (Å²) in [6.45, 7) is 0.689. The number of methoxy groups -OCH3 is 1. The number of H-pyrrole nitrogens is 1. The zero-order chi connectivity index (χ0) is 18.6. The van der Waals surface area contributed by atoms with Gasteiger partial charge in [-0.3, -0.25) is 4.79 Å². The fraction of sp³-hybridized carbons (Fsp3) is 0.200. The second kappa shape index (κ2) is 7.41. The largest absolute Gasteiger partial charge is 0.497 e. The van der Waals surface area contributed by atoms with Crippen molar-refractivity contribution in [2.24, 2.45) is 0 Å². The van der Waals surface area contributed by atoms with E-state index in [4.69, 9.17) is 14.2 Å². The lowest BCUT2D eigenvalue weighted by Gasteiger charge is -2.05. The van der Waals surface area contributed by atoms with Crippen molar-refractivity contribution < 1.29 is 19.0 Å². The number of carbonyl (C=O) groups is 1. The minimum absolute atomic E-state index is 0.150. The fourth-order valence-electron chi connectivity index (χ4n) is 2.83. The monoisotopic (exact) mass is 365 g/mol. The molecule has 0 atom stereocenters. The van der Waals surface area contributed by atoms with Crippen LogP contribution in [0.5, 0.6) is 17.2 Å². The van der Waals surface area contributed by atoms with Gasteiger partial charge < -0.3 is 24.5 Å². The van der Waals surface area contributed by atoms with Gasteiger partial charge in [-0.05, 0) is 42.5 Å². The molecule has 27 heavy (non-hydrogen) atoms. The highest BCUT2D eigenvalue weighted by Gasteiger charge is 2.16. The highest BCUT2D eigenvalue weighted by atomic mass is 16.7. The first-order valence-electron chi connectivity index (χ1n) is 8.59. The molecule has 1 aliphatic rings. The molecule has 1 aliphatic heterocycles. The summed E-state index contributed by atoms with van der Waals surface area (Å²) in [5.41, 5.74) is 2.47. The van der Waals surface area contributed by atoms with Crippen LogP contribution >= 0.6 is 0 Å². The van der Waals surface area contributed by atoms with Gasteiger partial charge in [0.15, 0.2) is 11.5 Å². The van der Waals surface area contributed by atoms with E-state index in [0.717, 1.165) is 22.8 Å². The van der Waals surface area contributed by atoms with Crippen molar-refractivity contribution in [3.8, 4) is 28.6 Å². The quantitative estimate of drug-likeness (QED) is 0.702. The third kappa shape index (κ3) is 3.72. The molecule has 0 saturated carbocycles. The number of amides is 1. The molecule has 7 nitrogen and oxygen atoms in total. The van der Waals surface area contributed by atoms with Gasteiger partial charge in [0, 0.05) is 36.0 Å². The topological polar surface area (TPSA) is 85.5 Å². The SMILES string of the molecule is COc1ccc(-c2ncc(CCNC(=O)c3ccc4c(c3)OCO4)[nH]2)cc1. The Balaban J connectivity index is 1.32. The maximum absolute atomic E-state index is 12.3. The smallest absolute Gasteiger partial charge is 0.251 e. The molecule has 0 unspecified atom stereocenters. The Hall–Kier alpha value is -3.48. The minimum atomic E-state index is -0.150. The number of ether oxygens (including phenoxy) is 3. The molecule has 0 radical (unpaired) electrons. The van der Waals surface area contributed by atoms with Crippen LogP contribution < -0.4 is 19.5 Å². The molecule has 1 aromatic heterocycles. The maximum atomic E-state index is 12.3. The summed E-state index contributed by atoms with van der Waals surface area (Å²) >= 11 is 0. The standard InChI is InChI=1S/C20H19N3O4/c1-25-16-5-2-13(3-6-16)19-22-11-15(23-19)8-9-21-20(24)14-4-7-17-18(10-14)27-12-26-17/h2-7,10-11H,8-9,12H2,1H3,(H,21,24)(H,22,23). The van der Waals surface area contributed by atoms with Crippen molar-refractivity contribution in [2.45, 2.75) is 6.42 Å². The summed E-state index contributed by atoms with van der Waals surface area (Å²) in [6.07, 6.45) is 2.44. The molecule has 0 spiro atoms. The number of rotatable bonds is 6. The lowest BCUT2D eigenvalue weighted by atomic mass is 10.2. The maximum Gasteiger partial charge on any atom is 0.251 e. The van der Waals surface area contributed by atoms with Crippen LogP contribution in [0.2, 0.25) is 0 Å². The summed E-state index contributed by atoms with van der Waals surface area (Å²) in [5, 5.41) is 2.90. The highest BCUT2D eigenvalue weighted by molar-refractivity contribution is 5.94. The van der Waals surface area contributed by atoms with E-state index in [0.29, 0.717) is 30.0 Å². The lowest BCUT2D eigenvalue weighted by molar-refractivity contribution is 0.0953. The summed E-state index contributed by atoms with van der Waals surface area (Å²) in [5.74, 6) is 2.70. The fourth-order valence-corrected chi connectivity index (χ4v) is 2.83. The lowest BCUT2D eigenvalue weighted by Crippen LogP contribution is -2.25. The van der Waals surface area contributed by atoms with E-state index in [9.17, 15) is 4.79 Å². The van der Waals surface area contributed by atoms with E-state index in [1.54, 1.807) is 31.5 Å². The van der Waals surface area contributed by atoms with E-state index in [1.807, 2.05) is 24.3 Å². The average Bonchev–Trinajstić information content (AvgIpc) is 3.37. The van der Waals surface area contributed by atoms with Crippen LogP contribution in [-0.2, 0) is 6.42 Å². The Morgan fingerprint density at radius 1 is 1.19 bits per heavy atom. The third-order valence-corrected chi connectivity index (χ3v) is 4.31. The zero-order valence-electron chi connectivity index (χ0n) is 14.8. The number of benzene rings is 2. The van der Waals surface area contributed by atoms with Crippen molar-refractivity contribution in [3.05, 3.63) is 59.9 Å². The van der Waals surface area contributed by atoms with Crippen LogP contribution in [0.25, 0.3) is 11.4 Å². The van der Waals surface area contributed by atoms with Crippen LogP contribution in [0.15, 0.2) is 48.7 Å². The average molecular weight is 365 g/mol. The molecule has 3 aromatic rings. The van der Waals surface area contributed by atoms with E-state index < -0.39 is 0 Å². The third-order valence-electron chi connectivity index (χ3n) is 4.31. The van der Waals surface area contributed by atoms with E-state index in [2.05, 4.69) is 15.3 Å². The van der Waals surface area contributed by atoms with Gasteiger partial charge >= 0.3 is 0 Å². The molecule has 0 saturated heterocycles. The molecule has 0 fully saturated rings. The molecule has 2 heterocycles. The van der Waals surface area contributed by atoms with Crippen molar-refractivity contribution in [2.75, 3.05) is 20.4 Å². The Kier molecular flexibility index (Phi) is 4.65. The summed E-state index contributed by atoms with van der Waals surface area (Å²) in [6, 6.07) is 12.8. The number of nitrogens with one attached hydrogen (secondary N) is 2. The highest BCUT2D eigenvalue weighted by Crippen LogP contribution is 2.32. The molecular weight excluding hydrogens is 346 g/mol. The molecule has 0 bridgehead atoms. The summed E-state index contributed by atoms with van der Waals surface area (Å²) < 4.78 is 15.7. The molecular formula is C20H19N3O4. The molecule has 2 aromatic carbocycles. The van der Waals surface area contributed by atoms with Gasteiger partial charge in [0.2, 0.25) is 6.79 Å². The second-order valence-corrected chi connectivity index (χ2v) is 6.06. The molecule has 0 aliphatic carbocycles. The first kappa shape index (κ1) is 17.0. The molecule has 7 heteroatoms. The first-order valence-corrected chi connectivity index (χ1v) is 8.59. The zero-order valence-corrected chi connectivity index (χ0v) is 14.8. The van der Waals surface area contributed by atoms with Gasteiger partial charge in [0.05, 0.1) is 7.11 Å². The minimum Gasteiger partial charge on any atom is -0.497 e. The van der Waals surface area contributed by atoms with Crippen LogP contribution in [0.4, 0.5) is 0 Å². The Morgan fingerprint density at radius 2 is 2.00 bits per heavy atom. The van der Waals surface area contributed by atoms with Gasteiger partial charge in [-0.25, -0.2) is 4.98 Å². The van der Waals surface area contributed by atoms with Crippen LogP contribution in [0.1, 0.15) is 16.1 Å². The van der Waals surface area contributed by atoms with Crippen molar-refractivity contribution in [3.63, 3.8) is 0 Å². The summed E-state index contributed by atoms with van der Waals surface area (Å²) in [7, 11) is 1.64. The van der Waals surface area contributed by atoms with E-state index in [-0.39, 0.29) is 12.7 Å². The molecule has 138 valence electrons. The van der Waals surface area contributed by atoms with Crippen molar-refractivity contribution >= 4 is 5.91 Å². The normalized spacial score (nSPS) is 12.0. The second-order valence-electron chi connectivity index (χ2n) is 6.06. The Labute approximate surface area is 156 Å². The molecule has 1 amide bonds. The van der Waals surface area contributed by atoms with Crippen LogP contribution in [0.3, 0.4) is 0 Å². The van der Waals surface area contributed by atoms with Gasteiger partial charge in [-0.1, -0.05) is 0 Å². The first-order chi connectivity index (χ1) is 13.2. The number of hydrogen-bond donors (Lipinski definition) is 2. The summed E-state index contributed by atoms with van der Waals surface area (Å²) in [4.78, 5) is 19.9. The number of nitrogens with zero attached hydrogens (tertiary/aromatic N) is 1. The Morgan fingerprint density at radius 3 is 2.81 bits per heavy atom. The van der Waals surface area contributed by atoms with Crippen LogP contribution in [-0.4, -0.2) is 36.3 Å². The van der Waals surface area contributed by atoms with Gasteiger partial charge in [0.25, 0.3) is 5.91 Å². The van der Waals surface area contributed by atoms with Gasteiger partial charge in [-0.2, -0.15) is 0 Å². The molecule has 4 rings (SSSR count). The Bertz CT molecular complexity index is 950. The number of fused-ring (bicyclic) bond motifs is 1. The predicted octanol–water partition coefficient (Wildman–Crippen LogP) is 2.79. The molecule has 2 N–H and O–H groups in total. The van der Waals surface area contributed by atoms with Gasteiger partial charge in [-0.15, -0.1) is 0 Å². The van der Waals surface area contributed by atoms with E-state index >= 15 is 0 Å². The van der Waals surface area contributed by atoms with Crippen LogP contribution in [0, 0.1) is 0 Å². The number of aromatic nitrogens is 2. The number of carbonyl (C=O) groups excluding carboxylic acids is 1. The van der Waals surface area contributed by atoms with Gasteiger partial charge in [0.1, 0.15) is 11.6 Å². The number of imidazole rings is 1. The van der Waals surface area contributed by atoms with Crippen molar-refractivity contribution in [1.82, 2.24) is 15.3 Å². The number of aromatic amines is 1. The predicted molar refractivity (Wildman–Crippen MR) is 99.2 cm³/mol. The number of hydrogen-bond acceptors (Lipinski definition) is 5. The van der Waals surface area contributed by atoms with Crippen molar-refractivity contribution in [1.29, 1.82) is 0 Å². The van der Waals surface area contributed by atoms with E-state index in [1.165, 1.54) is 0 Å².